The molecule has 3 rings (SSSR count). The fourth-order valence-corrected chi connectivity index (χ4v) is 2.92. The number of benzene rings is 2. The number of nitro groups is 1. The summed E-state index contributed by atoms with van der Waals surface area (Å²) in [5, 5.41) is 15.4. The number of hydrazone groups is 1. The Morgan fingerprint density at radius 2 is 1.92 bits per heavy atom. The lowest BCUT2D eigenvalue weighted by Gasteiger charge is -2.01. The molecule has 1 heterocycles. The number of rotatable bonds is 4. The maximum absolute atomic E-state index is 12.0. The highest BCUT2D eigenvalue weighted by Crippen LogP contribution is 2.21. The molecule has 1 N–H and O–H groups in total. The number of aromatic nitrogens is 1. The van der Waals surface area contributed by atoms with Gasteiger partial charge < -0.3 is 0 Å². The Bertz CT molecular complexity index is 914. The van der Waals surface area contributed by atoms with Crippen LogP contribution in [-0.2, 0) is 0 Å². The molecule has 8 heteroatoms. The van der Waals surface area contributed by atoms with Gasteiger partial charge in [0.1, 0.15) is 5.01 Å². The van der Waals surface area contributed by atoms with Gasteiger partial charge in [0, 0.05) is 17.7 Å². The second-order valence-electron chi connectivity index (χ2n) is 4.93. The van der Waals surface area contributed by atoms with Crippen molar-refractivity contribution in [2.24, 2.45) is 5.10 Å². The third kappa shape index (κ3) is 3.28. The maximum atomic E-state index is 12.0. The van der Waals surface area contributed by atoms with Crippen molar-refractivity contribution in [2.45, 2.75) is 6.92 Å². The van der Waals surface area contributed by atoms with Crippen molar-refractivity contribution in [1.29, 1.82) is 0 Å². The molecule has 120 valence electrons. The fraction of sp³-hybridized carbons (Fsp3) is 0.0625. The minimum Gasteiger partial charge on any atom is -0.267 e. The van der Waals surface area contributed by atoms with Gasteiger partial charge in [-0.05, 0) is 31.2 Å². The number of para-hydroxylation sites is 1. The quantitative estimate of drug-likeness (QED) is 0.447. The van der Waals surface area contributed by atoms with Gasteiger partial charge in [0.15, 0.2) is 0 Å². The zero-order valence-corrected chi connectivity index (χ0v) is 13.4. The van der Waals surface area contributed by atoms with E-state index in [1.165, 1.54) is 35.6 Å². The molecule has 0 radical (unpaired) electrons. The van der Waals surface area contributed by atoms with E-state index in [0.29, 0.717) is 11.3 Å². The molecule has 0 aliphatic carbocycles. The number of carbonyl (C=O) groups excluding carboxylic acids is 1. The number of non-ortho nitro benzene ring substituents is 1. The van der Waals surface area contributed by atoms with Gasteiger partial charge in [0.2, 0.25) is 0 Å². The molecule has 0 saturated carbocycles. The zero-order chi connectivity index (χ0) is 17.1. The third-order valence-corrected chi connectivity index (χ3v) is 4.41. The number of fused-ring (bicyclic) bond motifs is 1. The van der Waals surface area contributed by atoms with Gasteiger partial charge in [-0.25, -0.2) is 10.4 Å². The average Bonchev–Trinajstić information content (AvgIpc) is 3.03. The van der Waals surface area contributed by atoms with Gasteiger partial charge in [0.05, 0.1) is 20.9 Å². The Kier molecular flexibility index (Phi) is 4.30. The van der Waals surface area contributed by atoms with Gasteiger partial charge in [-0.15, -0.1) is 11.3 Å². The van der Waals surface area contributed by atoms with Crippen LogP contribution in [0.5, 0.6) is 0 Å². The molecular weight excluding hydrogens is 328 g/mol. The van der Waals surface area contributed by atoms with Crippen molar-refractivity contribution in [3.8, 4) is 0 Å². The average molecular weight is 340 g/mol. The lowest BCUT2D eigenvalue weighted by Crippen LogP contribution is -2.19. The molecule has 3 aromatic rings. The van der Waals surface area contributed by atoms with Crippen molar-refractivity contribution in [3.05, 3.63) is 69.2 Å². The fourth-order valence-electron chi connectivity index (χ4n) is 2.01. The first-order valence-corrected chi connectivity index (χ1v) is 7.81. The summed E-state index contributed by atoms with van der Waals surface area (Å²) in [6.45, 7) is 1.76. The highest BCUT2D eigenvalue weighted by atomic mass is 32.1. The van der Waals surface area contributed by atoms with Gasteiger partial charge in [-0.1, -0.05) is 12.1 Å². The lowest BCUT2D eigenvalue weighted by molar-refractivity contribution is -0.384. The standard InChI is InChI=1S/C16H12N4O3S/c1-10(16-17-13-4-2-3-5-14(13)24-16)18-19-15(21)11-6-8-12(9-7-11)20(22)23/h2-9H,1H3,(H,19,21)/b18-10-. The Morgan fingerprint density at radius 3 is 2.58 bits per heavy atom. The number of nitro benzene ring substituents is 1. The number of amides is 1. The normalized spacial score (nSPS) is 11.5. The maximum Gasteiger partial charge on any atom is 0.271 e. The van der Waals surface area contributed by atoms with E-state index >= 15 is 0 Å². The van der Waals surface area contributed by atoms with Crippen LogP contribution < -0.4 is 5.43 Å². The molecule has 24 heavy (non-hydrogen) atoms. The molecule has 0 spiro atoms. The van der Waals surface area contributed by atoms with Crippen LogP contribution in [0.3, 0.4) is 0 Å². The Hall–Kier alpha value is -3.13. The Morgan fingerprint density at radius 1 is 1.21 bits per heavy atom. The summed E-state index contributed by atoms with van der Waals surface area (Å²) in [7, 11) is 0. The molecule has 0 unspecified atom stereocenters. The molecule has 0 aliphatic heterocycles. The second-order valence-corrected chi connectivity index (χ2v) is 5.96. The van der Waals surface area contributed by atoms with Crippen LogP contribution in [0, 0.1) is 10.1 Å². The minimum atomic E-state index is -0.517. The predicted octanol–water partition coefficient (Wildman–Crippen LogP) is 3.36. The second kappa shape index (κ2) is 6.55. The van der Waals surface area contributed by atoms with E-state index in [1.807, 2.05) is 24.3 Å². The van der Waals surface area contributed by atoms with E-state index in [9.17, 15) is 14.9 Å². The van der Waals surface area contributed by atoms with E-state index in [-0.39, 0.29) is 5.69 Å². The van der Waals surface area contributed by atoms with Crippen LogP contribution in [0.1, 0.15) is 22.3 Å². The Labute approximate surface area is 140 Å². The molecule has 0 bridgehead atoms. The third-order valence-electron chi connectivity index (χ3n) is 3.27. The molecule has 0 fully saturated rings. The number of hydrogen-bond acceptors (Lipinski definition) is 6. The van der Waals surface area contributed by atoms with Crippen molar-refractivity contribution in [3.63, 3.8) is 0 Å². The summed E-state index contributed by atoms with van der Waals surface area (Å²) in [6, 6.07) is 13.1. The number of thiazole rings is 1. The summed E-state index contributed by atoms with van der Waals surface area (Å²) in [6.07, 6.45) is 0. The monoisotopic (exact) mass is 340 g/mol. The minimum absolute atomic E-state index is 0.0688. The van der Waals surface area contributed by atoms with Gasteiger partial charge >= 0.3 is 0 Å². The predicted molar refractivity (Wildman–Crippen MR) is 92.4 cm³/mol. The largest absolute Gasteiger partial charge is 0.271 e. The smallest absolute Gasteiger partial charge is 0.267 e. The van der Waals surface area contributed by atoms with Crippen molar-refractivity contribution in [2.75, 3.05) is 0 Å². The van der Waals surface area contributed by atoms with E-state index in [0.717, 1.165) is 15.2 Å². The molecular formula is C16H12N4O3S. The van der Waals surface area contributed by atoms with E-state index in [2.05, 4.69) is 15.5 Å². The number of hydrogen-bond donors (Lipinski definition) is 1. The van der Waals surface area contributed by atoms with Crippen LogP contribution in [0.4, 0.5) is 5.69 Å². The lowest BCUT2D eigenvalue weighted by atomic mass is 10.2. The van der Waals surface area contributed by atoms with Gasteiger partial charge in [-0.2, -0.15) is 5.10 Å². The van der Waals surface area contributed by atoms with E-state index < -0.39 is 10.8 Å². The molecule has 0 saturated heterocycles. The van der Waals surface area contributed by atoms with Gasteiger partial charge in [-0.3, -0.25) is 14.9 Å². The van der Waals surface area contributed by atoms with Crippen LogP contribution in [0.25, 0.3) is 10.2 Å². The summed E-state index contributed by atoms with van der Waals surface area (Å²) < 4.78 is 1.05. The first kappa shape index (κ1) is 15.8. The summed E-state index contributed by atoms with van der Waals surface area (Å²) in [4.78, 5) is 26.6. The topological polar surface area (TPSA) is 97.5 Å². The van der Waals surface area contributed by atoms with E-state index in [1.54, 1.807) is 6.92 Å². The number of nitrogens with zero attached hydrogens (tertiary/aromatic N) is 3. The van der Waals surface area contributed by atoms with E-state index in [4.69, 9.17) is 0 Å². The highest BCUT2D eigenvalue weighted by Gasteiger charge is 2.10. The molecule has 0 aliphatic rings. The molecule has 7 nitrogen and oxygen atoms in total. The van der Waals surface area contributed by atoms with Crippen LogP contribution in [0.15, 0.2) is 53.6 Å². The number of carbonyl (C=O) groups is 1. The number of nitrogens with one attached hydrogen (secondary N) is 1. The van der Waals surface area contributed by atoms with Crippen LogP contribution in [-0.4, -0.2) is 21.5 Å². The van der Waals surface area contributed by atoms with Crippen molar-refractivity contribution < 1.29 is 9.72 Å². The first-order chi connectivity index (χ1) is 11.5. The van der Waals surface area contributed by atoms with Crippen molar-refractivity contribution in [1.82, 2.24) is 10.4 Å². The summed E-state index contributed by atoms with van der Waals surface area (Å²) in [5.41, 5.74) is 4.13. The molecule has 1 aromatic heterocycles. The Balaban J connectivity index is 1.74. The van der Waals surface area contributed by atoms with Crippen LogP contribution >= 0.6 is 11.3 Å². The zero-order valence-electron chi connectivity index (χ0n) is 12.6. The van der Waals surface area contributed by atoms with Crippen LogP contribution in [0.2, 0.25) is 0 Å². The SMILES string of the molecule is C/C(=N/NC(=O)c1ccc([N+](=O)[O-])cc1)c1nc2ccccc2s1. The molecule has 2 aromatic carbocycles. The van der Waals surface area contributed by atoms with Crippen molar-refractivity contribution >= 4 is 38.9 Å². The van der Waals surface area contributed by atoms with Gasteiger partial charge in [0.25, 0.3) is 11.6 Å². The molecule has 1 amide bonds. The first-order valence-electron chi connectivity index (χ1n) is 6.99. The highest BCUT2D eigenvalue weighted by molar-refractivity contribution is 7.20. The summed E-state index contributed by atoms with van der Waals surface area (Å²) in [5.74, 6) is -0.439. The summed E-state index contributed by atoms with van der Waals surface area (Å²) >= 11 is 1.49. The molecule has 0 atom stereocenters.